The molecule has 0 bridgehead atoms. The maximum absolute atomic E-state index is 5.76. The molecule has 3 heteroatoms. The minimum atomic E-state index is 0.984. The van der Waals surface area contributed by atoms with Crippen LogP contribution in [0.3, 0.4) is 0 Å². The van der Waals surface area contributed by atoms with E-state index in [1.807, 2.05) is 0 Å². The van der Waals surface area contributed by atoms with Crippen LogP contribution in [0, 0.1) is 0 Å². The van der Waals surface area contributed by atoms with Gasteiger partial charge in [0.25, 0.3) is 0 Å². The molecule has 100 valence electrons. The molecule has 0 spiro atoms. The number of piperidine rings is 1. The number of aromatic nitrogens is 1. The van der Waals surface area contributed by atoms with Crippen molar-refractivity contribution in [2.45, 2.75) is 32.6 Å². The summed E-state index contributed by atoms with van der Waals surface area (Å²) in [4.78, 5) is 2.37. The van der Waals surface area contributed by atoms with Crippen molar-refractivity contribution >= 4 is 28.2 Å². The maximum Gasteiger partial charge on any atom is 0.180 e. The summed E-state index contributed by atoms with van der Waals surface area (Å²) in [6.07, 6.45) is 4.89. The summed E-state index contributed by atoms with van der Waals surface area (Å²) in [6.45, 7) is 4.41. The highest BCUT2D eigenvalue weighted by Crippen LogP contribution is 2.22. The fourth-order valence-corrected chi connectivity index (χ4v) is 3.32. The monoisotopic (exact) mass is 272 g/mol. The highest BCUT2D eigenvalue weighted by Gasteiger charge is 2.18. The molecule has 1 saturated heterocycles. The number of para-hydroxylation sites is 1. The van der Waals surface area contributed by atoms with Crippen molar-refractivity contribution in [3.63, 3.8) is 0 Å². The third-order valence-corrected chi connectivity index (χ3v) is 4.41. The number of fused-ring (bicyclic) bond motifs is 1. The van der Waals surface area contributed by atoms with Crippen molar-refractivity contribution in [2.75, 3.05) is 13.1 Å². The number of thiocarbonyl (C=S) groups is 1. The SMILES string of the molecule is CCc1cc2ccccc2n1C(=S)N1CCCCC1. The van der Waals surface area contributed by atoms with E-state index < -0.39 is 0 Å². The van der Waals surface area contributed by atoms with E-state index in [0.29, 0.717) is 0 Å². The van der Waals surface area contributed by atoms with Gasteiger partial charge < -0.3 is 4.90 Å². The van der Waals surface area contributed by atoms with Crippen LogP contribution in [0.5, 0.6) is 0 Å². The molecule has 1 fully saturated rings. The summed E-state index contributed by atoms with van der Waals surface area (Å²) in [7, 11) is 0. The molecule has 0 radical (unpaired) electrons. The molecule has 1 aromatic carbocycles. The van der Waals surface area contributed by atoms with Crippen LogP contribution in [0.2, 0.25) is 0 Å². The van der Waals surface area contributed by atoms with Gasteiger partial charge >= 0.3 is 0 Å². The van der Waals surface area contributed by atoms with Crippen LogP contribution in [0.25, 0.3) is 10.9 Å². The average molecular weight is 272 g/mol. The molecule has 0 atom stereocenters. The quantitative estimate of drug-likeness (QED) is 0.729. The molecule has 0 N–H and O–H groups in total. The first-order valence-corrected chi connectivity index (χ1v) is 7.60. The van der Waals surface area contributed by atoms with Crippen LogP contribution < -0.4 is 0 Å². The van der Waals surface area contributed by atoms with E-state index in [4.69, 9.17) is 12.2 Å². The fraction of sp³-hybridized carbons (Fsp3) is 0.438. The Bertz CT molecular complexity index is 594. The first kappa shape index (κ1) is 12.7. The van der Waals surface area contributed by atoms with Crippen molar-refractivity contribution in [1.82, 2.24) is 9.47 Å². The van der Waals surface area contributed by atoms with E-state index in [9.17, 15) is 0 Å². The number of rotatable bonds is 1. The molecule has 2 nitrogen and oxygen atoms in total. The average Bonchev–Trinajstić information content (AvgIpc) is 2.86. The van der Waals surface area contributed by atoms with E-state index in [2.05, 4.69) is 46.7 Å². The summed E-state index contributed by atoms with van der Waals surface area (Å²) in [6, 6.07) is 10.8. The van der Waals surface area contributed by atoms with E-state index in [1.165, 1.54) is 35.9 Å². The van der Waals surface area contributed by atoms with E-state index in [1.54, 1.807) is 0 Å². The largest absolute Gasteiger partial charge is 0.349 e. The number of hydrogen-bond donors (Lipinski definition) is 0. The molecule has 2 aromatic rings. The minimum absolute atomic E-state index is 0.984. The highest BCUT2D eigenvalue weighted by molar-refractivity contribution is 7.80. The van der Waals surface area contributed by atoms with Gasteiger partial charge in [-0.1, -0.05) is 25.1 Å². The lowest BCUT2D eigenvalue weighted by molar-refractivity contribution is 0.339. The van der Waals surface area contributed by atoms with Gasteiger partial charge in [-0.3, -0.25) is 4.57 Å². The Hall–Kier alpha value is -1.35. The molecule has 3 rings (SSSR count). The second-order valence-electron chi connectivity index (χ2n) is 5.21. The zero-order valence-corrected chi connectivity index (χ0v) is 12.2. The van der Waals surface area contributed by atoms with Crippen LogP contribution in [-0.4, -0.2) is 27.7 Å². The summed E-state index contributed by atoms with van der Waals surface area (Å²) in [5.41, 5.74) is 2.56. The Kier molecular flexibility index (Phi) is 3.56. The second-order valence-corrected chi connectivity index (χ2v) is 5.58. The number of benzene rings is 1. The Morgan fingerprint density at radius 1 is 1.16 bits per heavy atom. The molecule has 0 saturated carbocycles. The molecular formula is C16H20N2S. The van der Waals surface area contributed by atoms with Crippen LogP contribution in [0.4, 0.5) is 0 Å². The number of nitrogens with zero attached hydrogens (tertiary/aromatic N) is 2. The standard InChI is InChI=1S/C16H20N2S/c1-2-14-12-13-8-4-5-9-15(13)18(14)16(19)17-10-6-3-7-11-17/h4-5,8-9,12H,2-3,6-7,10-11H2,1H3. The Balaban J connectivity index is 2.04. The second kappa shape index (κ2) is 5.33. The van der Waals surface area contributed by atoms with Crippen LogP contribution in [0.15, 0.2) is 30.3 Å². The van der Waals surface area contributed by atoms with Gasteiger partial charge in [-0.05, 0) is 50.0 Å². The summed E-state index contributed by atoms with van der Waals surface area (Å²) >= 11 is 5.76. The fourth-order valence-electron chi connectivity index (χ4n) is 2.92. The van der Waals surface area contributed by atoms with Crippen molar-refractivity contribution in [1.29, 1.82) is 0 Å². The van der Waals surface area contributed by atoms with Gasteiger partial charge in [0.15, 0.2) is 5.11 Å². The Labute approximate surface area is 120 Å². The zero-order valence-electron chi connectivity index (χ0n) is 11.4. The van der Waals surface area contributed by atoms with Crippen molar-refractivity contribution in [2.24, 2.45) is 0 Å². The van der Waals surface area contributed by atoms with E-state index >= 15 is 0 Å². The van der Waals surface area contributed by atoms with Crippen LogP contribution in [0.1, 0.15) is 31.9 Å². The predicted molar refractivity (Wildman–Crippen MR) is 84.7 cm³/mol. The van der Waals surface area contributed by atoms with Crippen molar-refractivity contribution < 1.29 is 0 Å². The van der Waals surface area contributed by atoms with Gasteiger partial charge in [-0.15, -0.1) is 0 Å². The predicted octanol–water partition coefficient (Wildman–Crippen LogP) is 3.82. The van der Waals surface area contributed by atoms with Crippen LogP contribution >= 0.6 is 12.2 Å². The number of likely N-dealkylation sites (tertiary alicyclic amines) is 1. The first-order valence-electron chi connectivity index (χ1n) is 7.20. The normalized spacial score (nSPS) is 15.9. The van der Waals surface area contributed by atoms with Gasteiger partial charge in [0, 0.05) is 24.2 Å². The zero-order chi connectivity index (χ0) is 13.2. The smallest absolute Gasteiger partial charge is 0.180 e. The lowest BCUT2D eigenvalue weighted by atomic mass is 10.1. The summed E-state index contributed by atoms with van der Waals surface area (Å²) in [5.74, 6) is 0. The molecular weight excluding hydrogens is 252 g/mol. The number of aryl methyl sites for hydroxylation is 1. The van der Waals surface area contributed by atoms with Crippen molar-refractivity contribution in [3.05, 3.63) is 36.0 Å². The molecule has 2 heterocycles. The third-order valence-electron chi connectivity index (χ3n) is 3.97. The number of hydrogen-bond acceptors (Lipinski definition) is 1. The molecule has 1 aliphatic rings. The highest BCUT2D eigenvalue weighted by atomic mass is 32.1. The first-order chi connectivity index (χ1) is 9.31. The van der Waals surface area contributed by atoms with Gasteiger partial charge in [-0.25, -0.2) is 0 Å². The topological polar surface area (TPSA) is 8.17 Å². The lowest BCUT2D eigenvalue weighted by Crippen LogP contribution is -2.38. The van der Waals surface area contributed by atoms with Crippen molar-refractivity contribution in [3.8, 4) is 0 Å². The minimum Gasteiger partial charge on any atom is -0.349 e. The molecule has 0 unspecified atom stereocenters. The van der Waals surface area contributed by atoms with Crippen LogP contribution in [-0.2, 0) is 6.42 Å². The molecule has 19 heavy (non-hydrogen) atoms. The van der Waals surface area contributed by atoms with Gasteiger partial charge in [-0.2, -0.15) is 0 Å². The molecule has 1 aromatic heterocycles. The maximum atomic E-state index is 5.76. The van der Waals surface area contributed by atoms with Gasteiger partial charge in [0.05, 0.1) is 5.52 Å². The van der Waals surface area contributed by atoms with Gasteiger partial charge in [0.2, 0.25) is 0 Å². The van der Waals surface area contributed by atoms with Gasteiger partial charge in [0.1, 0.15) is 0 Å². The molecule has 0 aliphatic carbocycles. The van der Waals surface area contributed by atoms with E-state index in [-0.39, 0.29) is 0 Å². The van der Waals surface area contributed by atoms with E-state index in [0.717, 1.165) is 24.6 Å². The summed E-state index contributed by atoms with van der Waals surface area (Å²) < 4.78 is 2.27. The molecule has 0 amide bonds. The summed E-state index contributed by atoms with van der Waals surface area (Å²) in [5, 5.41) is 2.27. The Morgan fingerprint density at radius 3 is 2.63 bits per heavy atom. The molecule has 1 aliphatic heterocycles. The lowest BCUT2D eigenvalue weighted by Gasteiger charge is -2.30. The Morgan fingerprint density at radius 2 is 1.89 bits per heavy atom. The third kappa shape index (κ3) is 2.27.